The SMILES string of the molecule is Cc1cc(C(=O)NCCC2CCCNC2)cc([N+](=O)[O-])c1.Cl. The highest BCUT2D eigenvalue weighted by Crippen LogP contribution is 2.17. The molecule has 1 saturated heterocycles. The standard InChI is InChI=1S/C15H21N3O3.ClH/c1-11-7-13(9-14(8-11)18(20)21)15(19)17-6-4-12-3-2-5-16-10-12;/h7-9,12,16H,2-6,10H2,1H3,(H,17,19);1H. The zero-order valence-corrected chi connectivity index (χ0v) is 13.4. The normalized spacial score (nSPS) is 17.4. The van der Waals surface area contributed by atoms with Crippen molar-refractivity contribution in [3.8, 4) is 0 Å². The Morgan fingerprint density at radius 1 is 1.45 bits per heavy atom. The van der Waals surface area contributed by atoms with Gasteiger partial charge in [-0.05, 0) is 56.8 Å². The largest absolute Gasteiger partial charge is 0.352 e. The van der Waals surface area contributed by atoms with Gasteiger partial charge in [-0.25, -0.2) is 0 Å². The fraction of sp³-hybridized carbons (Fsp3) is 0.533. The molecule has 1 amide bonds. The van der Waals surface area contributed by atoms with Gasteiger partial charge in [0.1, 0.15) is 0 Å². The molecule has 0 aliphatic carbocycles. The van der Waals surface area contributed by atoms with Gasteiger partial charge >= 0.3 is 0 Å². The quantitative estimate of drug-likeness (QED) is 0.642. The Hall–Kier alpha value is -1.66. The molecule has 1 heterocycles. The lowest BCUT2D eigenvalue weighted by molar-refractivity contribution is -0.384. The van der Waals surface area contributed by atoms with Crippen LogP contribution in [-0.2, 0) is 0 Å². The molecule has 22 heavy (non-hydrogen) atoms. The number of aryl methyl sites for hydroxylation is 1. The fourth-order valence-corrected chi connectivity index (χ4v) is 2.66. The molecule has 2 N–H and O–H groups in total. The predicted octanol–water partition coefficient (Wildman–Crippen LogP) is 2.44. The van der Waals surface area contributed by atoms with Crippen molar-refractivity contribution >= 4 is 24.0 Å². The molecule has 6 nitrogen and oxygen atoms in total. The minimum atomic E-state index is -0.475. The van der Waals surface area contributed by atoms with Crippen molar-refractivity contribution in [2.24, 2.45) is 5.92 Å². The van der Waals surface area contributed by atoms with E-state index in [0.29, 0.717) is 23.6 Å². The van der Waals surface area contributed by atoms with Crippen molar-refractivity contribution in [1.82, 2.24) is 10.6 Å². The first-order chi connectivity index (χ1) is 10.1. The van der Waals surface area contributed by atoms with Gasteiger partial charge in [-0.1, -0.05) is 0 Å². The summed E-state index contributed by atoms with van der Waals surface area (Å²) in [6.45, 7) is 4.44. The monoisotopic (exact) mass is 327 g/mol. The van der Waals surface area contributed by atoms with Gasteiger partial charge in [0, 0.05) is 24.2 Å². The highest BCUT2D eigenvalue weighted by atomic mass is 35.5. The Bertz CT molecular complexity index is 531. The first-order valence-corrected chi connectivity index (χ1v) is 7.31. The molecule has 1 aliphatic rings. The van der Waals surface area contributed by atoms with Crippen LogP contribution in [0.4, 0.5) is 5.69 Å². The fourth-order valence-electron chi connectivity index (χ4n) is 2.66. The number of halogens is 1. The second kappa shape index (κ2) is 8.70. The Balaban J connectivity index is 0.00000242. The number of nitrogens with zero attached hydrogens (tertiary/aromatic N) is 1. The first-order valence-electron chi connectivity index (χ1n) is 7.31. The number of hydrogen-bond acceptors (Lipinski definition) is 4. The van der Waals surface area contributed by atoms with Crippen LogP contribution in [0.25, 0.3) is 0 Å². The lowest BCUT2D eigenvalue weighted by Crippen LogP contribution is -2.33. The summed E-state index contributed by atoms with van der Waals surface area (Å²) in [4.78, 5) is 22.4. The van der Waals surface area contributed by atoms with E-state index in [2.05, 4.69) is 10.6 Å². The van der Waals surface area contributed by atoms with Crippen molar-refractivity contribution in [3.05, 3.63) is 39.4 Å². The summed E-state index contributed by atoms with van der Waals surface area (Å²) in [5.74, 6) is 0.358. The van der Waals surface area contributed by atoms with Gasteiger partial charge in [0.05, 0.1) is 4.92 Å². The van der Waals surface area contributed by atoms with Crippen LogP contribution in [-0.4, -0.2) is 30.5 Å². The van der Waals surface area contributed by atoms with Gasteiger partial charge in [-0.15, -0.1) is 12.4 Å². The summed E-state index contributed by atoms with van der Waals surface area (Å²) in [6.07, 6.45) is 3.31. The number of amides is 1. The number of nitro groups is 1. The van der Waals surface area contributed by atoms with E-state index < -0.39 is 4.92 Å². The number of nitrogens with one attached hydrogen (secondary N) is 2. The topological polar surface area (TPSA) is 84.3 Å². The summed E-state index contributed by atoms with van der Waals surface area (Å²) >= 11 is 0. The van der Waals surface area contributed by atoms with Crippen molar-refractivity contribution < 1.29 is 9.72 Å². The number of carbonyl (C=O) groups is 1. The van der Waals surface area contributed by atoms with E-state index in [1.165, 1.54) is 25.0 Å². The Morgan fingerprint density at radius 3 is 2.86 bits per heavy atom. The Kier molecular flexibility index (Phi) is 7.27. The van der Waals surface area contributed by atoms with Crippen LogP contribution in [0, 0.1) is 23.0 Å². The molecular formula is C15H22ClN3O3. The first kappa shape index (κ1) is 18.4. The van der Waals surface area contributed by atoms with Crippen LogP contribution in [0.2, 0.25) is 0 Å². The molecule has 1 unspecified atom stereocenters. The Labute approximate surface area is 136 Å². The van der Waals surface area contributed by atoms with Gasteiger partial charge in [0.15, 0.2) is 0 Å². The zero-order valence-electron chi connectivity index (χ0n) is 12.6. The number of non-ortho nitro benzene ring substituents is 1. The predicted molar refractivity (Wildman–Crippen MR) is 87.6 cm³/mol. The minimum absolute atomic E-state index is 0. The van der Waals surface area contributed by atoms with E-state index in [-0.39, 0.29) is 24.0 Å². The third kappa shape index (κ3) is 5.27. The number of benzene rings is 1. The third-order valence-corrected chi connectivity index (χ3v) is 3.77. The van der Waals surface area contributed by atoms with Crippen molar-refractivity contribution in [3.63, 3.8) is 0 Å². The average molecular weight is 328 g/mol. The van der Waals surface area contributed by atoms with Crippen LogP contribution in [0.3, 0.4) is 0 Å². The summed E-state index contributed by atoms with van der Waals surface area (Å²) in [5.41, 5.74) is 1.02. The molecule has 7 heteroatoms. The average Bonchev–Trinajstić information content (AvgIpc) is 2.47. The highest BCUT2D eigenvalue weighted by molar-refractivity contribution is 5.95. The molecule has 1 aromatic rings. The highest BCUT2D eigenvalue weighted by Gasteiger charge is 2.15. The molecule has 2 rings (SSSR count). The summed E-state index contributed by atoms with van der Waals surface area (Å²) in [5, 5.41) is 17.0. The number of carbonyl (C=O) groups excluding carboxylic acids is 1. The van der Waals surface area contributed by atoms with E-state index in [0.717, 1.165) is 19.5 Å². The lowest BCUT2D eigenvalue weighted by Gasteiger charge is -2.22. The number of nitro benzene ring substituents is 1. The maximum absolute atomic E-state index is 12.1. The summed E-state index contributed by atoms with van der Waals surface area (Å²) in [6, 6.07) is 4.46. The van der Waals surface area contributed by atoms with Crippen LogP contribution in [0.1, 0.15) is 35.2 Å². The van der Waals surface area contributed by atoms with Crippen LogP contribution in [0.15, 0.2) is 18.2 Å². The van der Waals surface area contributed by atoms with E-state index in [1.807, 2.05) is 0 Å². The van der Waals surface area contributed by atoms with Crippen molar-refractivity contribution in [2.45, 2.75) is 26.2 Å². The number of piperidine rings is 1. The molecule has 1 aromatic carbocycles. The summed E-state index contributed by atoms with van der Waals surface area (Å²) < 4.78 is 0. The molecule has 0 spiro atoms. The smallest absolute Gasteiger partial charge is 0.270 e. The van der Waals surface area contributed by atoms with E-state index in [9.17, 15) is 14.9 Å². The van der Waals surface area contributed by atoms with Gasteiger partial charge in [0.2, 0.25) is 0 Å². The van der Waals surface area contributed by atoms with Crippen molar-refractivity contribution in [2.75, 3.05) is 19.6 Å². The molecule has 122 valence electrons. The maximum atomic E-state index is 12.1. The van der Waals surface area contributed by atoms with E-state index >= 15 is 0 Å². The minimum Gasteiger partial charge on any atom is -0.352 e. The molecule has 1 fully saturated rings. The molecule has 0 saturated carbocycles. The molecule has 1 aliphatic heterocycles. The second-order valence-corrected chi connectivity index (χ2v) is 5.57. The zero-order chi connectivity index (χ0) is 15.2. The van der Waals surface area contributed by atoms with E-state index in [4.69, 9.17) is 0 Å². The van der Waals surface area contributed by atoms with Crippen LogP contribution in [0.5, 0.6) is 0 Å². The molecular weight excluding hydrogens is 306 g/mol. The van der Waals surface area contributed by atoms with Crippen molar-refractivity contribution in [1.29, 1.82) is 0 Å². The maximum Gasteiger partial charge on any atom is 0.270 e. The van der Waals surface area contributed by atoms with Gasteiger partial charge in [-0.3, -0.25) is 14.9 Å². The van der Waals surface area contributed by atoms with E-state index in [1.54, 1.807) is 13.0 Å². The van der Waals surface area contributed by atoms with Gasteiger partial charge < -0.3 is 10.6 Å². The van der Waals surface area contributed by atoms with Crippen LogP contribution < -0.4 is 10.6 Å². The van der Waals surface area contributed by atoms with Crippen LogP contribution >= 0.6 is 12.4 Å². The number of rotatable bonds is 5. The molecule has 0 radical (unpaired) electrons. The molecule has 0 aromatic heterocycles. The van der Waals surface area contributed by atoms with Gasteiger partial charge in [0.25, 0.3) is 11.6 Å². The molecule has 0 bridgehead atoms. The van der Waals surface area contributed by atoms with Gasteiger partial charge in [-0.2, -0.15) is 0 Å². The number of hydrogen-bond donors (Lipinski definition) is 2. The molecule has 1 atom stereocenters. The lowest BCUT2D eigenvalue weighted by atomic mass is 9.96. The second-order valence-electron chi connectivity index (χ2n) is 5.57. The third-order valence-electron chi connectivity index (χ3n) is 3.77. The Morgan fingerprint density at radius 2 is 2.23 bits per heavy atom. The summed E-state index contributed by atoms with van der Waals surface area (Å²) in [7, 11) is 0.